The van der Waals surface area contributed by atoms with Crippen molar-refractivity contribution in [1.82, 2.24) is 0 Å². The average molecular weight is 374 g/mol. The summed E-state index contributed by atoms with van der Waals surface area (Å²) in [6.07, 6.45) is 0. The minimum Gasteiger partial charge on any atom is -0.487 e. The maximum Gasteiger partial charge on any atom is 0.340 e. The second-order valence-electron chi connectivity index (χ2n) is 5.36. The van der Waals surface area contributed by atoms with Gasteiger partial charge in [-0.15, -0.1) is 11.3 Å². The standard InChI is InChI=1S/C19H15FO5S/c1-2-24-19(23)12-5-3-7-15(17(12)18(21)22)25-10-11-9-13-14(20)6-4-8-16(13)26-11/h3-9H,2,10H2,1H3,(H,21,22). The fraction of sp³-hybridized carbons (Fsp3) is 0.158. The van der Waals surface area contributed by atoms with E-state index in [1.165, 1.54) is 35.6 Å². The molecule has 0 unspecified atom stereocenters. The number of ether oxygens (including phenoxy) is 2. The van der Waals surface area contributed by atoms with Crippen molar-refractivity contribution in [3.05, 3.63) is 64.3 Å². The Morgan fingerprint density at radius 2 is 1.96 bits per heavy atom. The molecule has 0 saturated heterocycles. The first-order valence-corrected chi connectivity index (χ1v) is 8.66. The number of esters is 1. The van der Waals surface area contributed by atoms with Gasteiger partial charge in [0.15, 0.2) is 0 Å². The van der Waals surface area contributed by atoms with Crippen molar-refractivity contribution in [2.24, 2.45) is 0 Å². The Morgan fingerprint density at radius 3 is 2.65 bits per heavy atom. The molecule has 0 radical (unpaired) electrons. The molecule has 1 N–H and O–H groups in total. The van der Waals surface area contributed by atoms with Gasteiger partial charge in [-0.05, 0) is 37.3 Å². The van der Waals surface area contributed by atoms with Crippen molar-refractivity contribution >= 4 is 33.4 Å². The largest absolute Gasteiger partial charge is 0.487 e. The van der Waals surface area contributed by atoms with E-state index in [9.17, 15) is 19.1 Å². The molecule has 3 aromatic rings. The van der Waals surface area contributed by atoms with Crippen LogP contribution in [0.3, 0.4) is 0 Å². The van der Waals surface area contributed by atoms with Crippen molar-refractivity contribution in [3.8, 4) is 5.75 Å². The summed E-state index contributed by atoms with van der Waals surface area (Å²) in [7, 11) is 0. The first-order chi connectivity index (χ1) is 12.5. The highest BCUT2D eigenvalue weighted by molar-refractivity contribution is 7.19. The van der Waals surface area contributed by atoms with Crippen molar-refractivity contribution in [1.29, 1.82) is 0 Å². The summed E-state index contributed by atoms with van der Waals surface area (Å²) in [5.74, 6) is -2.27. The maximum atomic E-state index is 13.8. The van der Waals surface area contributed by atoms with Crippen LogP contribution >= 0.6 is 11.3 Å². The van der Waals surface area contributed by atoms with E-state index >= 15 is 0 Å². The van der Waals surface area contributed by atoms with Crippen LogP contribution in [0.4, 0.5) is 4.39 Å². The Balaban J connectivity index is 1.89. The molecular formula is C19H15FO5S. The molecule has 2 aromatic carbocycles. The van der Waals surface area contributed by atoms with Gasteiger partial charge >= 0.3 is 11.9 Å². The molecule has 0 bridgehead atoms. The Bertz CT molecular complexity index is 979. The number of thiophene rings is 1. The number of halogens is 1. The van der Waals surface area contributed by atoms with Crippen LogP contribution in [0, 0.1) is 5.82 Å². The zero-order valence-electron chi connectivity index (χ0n) is 13.8. The van der Waals surface area contributed by atoms with E-state index in [4.69, 9.17) is 9.47 Å². The molecular weight excluding hydrogens is 359 g/mol. The number of rotatable bonds is 6. The van der Waals surface area contributed by atoms with E-state index in [1.807, 2.05) is 0 Å². The SMILES string of the molecule is CCOC(=O)c1cccc(OCc2cc3c(F)cccc3s2)c1C(=O)O. The summed E-state index contributed by atoms with van der Waals surface area (Å²) in [5.41, 5.74) is -0.322. The second-order valence-corrected chi connectivity index (χ2v) is 6.53. The molecule has 0 atom stereocenters. The molecule has 0 spiro atoms. The van der Waals surface area contributed by atoms with Crippen LogP contribution in [0.15, 0.2) is 42.5 Å². The molecule has 134 valence electrons. The van der Waals surface area contributed by atoms with Crippen molar-refractivity contribution in [3.63, 3.8) is 0 Å². The average Bonchev–Trinajstić information content (AvgIpc) is 3.04. The van der Waals surface area contributed by atoms with Gasteiger partial charge in [0, 0.05) is 15.0 Å². The minimum absolute atomic E-state index is 0.0565. The highest BCUT2D eigenvalue weighted by atomic mass is 32.1. The molecule has 1 heterocycles. The molecule has 0 aliphatic carbocycles. The lowest BCUT2D eigenvalue weighted by molar-refractivity contribution is 0.0513. The summed E-state index contributed by atoms with van der Waals surface area (Å²) in [6, 6.07) is 10.9. The zero-order chi connectivity index (χ0) is 18.7. The van der Waals surface area contributed by atoms with Gasteiger partial charge in [-0.25, -0.2) is 14.0 Å². The smallest absolute Gasteiger partial charge is 0.340 e. The number of hydrogen-bond acceptors (Lipinski definition) is 5. The molecule has 0 saturated carbocycles. The molecule has 1 aromatic heterocycles. The lowest BCUT2D eigenvalue weighted by atomic mass is 10.1. The van der Waals surface area contributed by atoms with Gasteiger partial charge in [-0.1, -0.05) is 12.1 Å². The normalized spacial score (nSPS) is 10.7. The second kappa shape index (κ2) is 7.53. The fourth-order valence-electron chi connectivity index (χ4n) is 2.55. The van der Waals surface area contributed by atoms with Gasteiger partial charge in [0.1, 0.15) is 23.7 Å². The first-order valence-electron chi connectivity index (χ1n) is 7.84. The van der Waals surface area contributed by atoms with Crippen molar-refractivity contribution in [2.75, 3.05) is 6.61 Å². The maximum absolute atomic E-state index is 13.8. The highest BCUT2D eigenvalue weighted by Gasteiger charge is 2.22. The Hall–Kier alpha value is -2.93. The third-order valence-corrected chi connectivity index (χ3v) is 4.74. The number of carbonyl (C=O) groups is 2. The van der Waals surface area contributed by atoms with Gasteiger partial charge in [0.25, 0.3) is 0 Å². The predicted molar refractivity (Wildman–Crippen MR) is 95.5 cm³/mol. The van der Waals surface area contributed by atoms with Crippen molar-refractivity contribution in [2.45, 2.75) is 13.5 Å². The summed E-state index contributed by atoms with van der Waals surface area (Å²) < 4.78 is 25.1. The number of hydrogen-bond donors (Lipinski definition) is 1. The predicted octanol–water partition coefficient (Wildman–Crippen LogP) is 4.49. The summed E-state index contributed by atoms with van der Waals surface area (Å²) in [4.78, 5) is 24.3. The number of aromatic carboxylic acids is 1. The van der Waals surface area contributed by atoms with Gasteiger partial charge in [0.2, 0.25) is 0 Å². The molecule has 0 fully saturated rings. The van der Waals surface area contributed by atoms with E-state index in [0.29, 0.717) is 5.39 Å². The van der Waals surface area contributed by atoms with Crippen LogP contribution in [0.5, 0.6) is 5.75 Å². The number of carboxylic acids is 1. The van der Waals surface area contributed by atoms with E-state index in [1.54, 1.807) is 25.1 Å². The van der Waals surface area contributed by atoms with Crippen LogP contribution < -0.4 is 4.74 Å². The molecule has 7 heteroatoms. The quantitative estimate of drug-likeness (QED) is 0.644. The number of carboxylic acid groups (broad SMARTS) is 1. The van der Waals surface area contributed by atoms with E-state index in [-0.39, 0.29) is 35.9 Å². The molecule has 0 amide bonds. The topological polar surface area (TPSA) is 72.8 Å². The molecule has 0 aliphatic rings. The third kappa shape index (κ3) is 3.52. The molecule has 0 aliphatic heterocycles. The summed E-state index contributed by atoms with van der Waals surface area (Å²) >= 11 is 1.36. The number of carbonyl (C=O) groups excluding carboxylic acids is 1. The first kappa shape index (κ1) is 17.9. The van der Waals surface area contributed by atoms with Crippen LogP contribution in [-0.4, -0.2) is 23.7 Å². The zero-order valence-corrected chi connectivity index (χ0v) is 14.6. The van der Waals surface area contributed by atoms with Crippen LogP contribution in [0.25, 0.3) is 10.1 Å². The van der Waals surface area contributed by atoms with Gasteiger partial charge in [0.05, 0.1) is 12.2 Å². The van der Waals surface area contributed by atoms with Crippen molar-refractivity contribution < 1.29 is 28.6 Å². The van der Waals surface area contributed by atoms with E-state index in [2.05, 4.69) is 0 Å². The highest BCUT2D eigenvalue weighted by Crippen LogP contribution is 2.30. The van der Waals surface area contributed by atoms with Gasteiger partial charge in [-0.3, -0.25) is 0 Å². The van der Waals surface area contributed by atoms with Crippen LogP contribution in [0.2, 0.25) is 0 Å². The molecule has 5 nitrogen and oxygen atoms in total. The lowest BCUT2D eigenvalue weighted by Crippen LogP contribution is -2.13. The Labute approximate surface area is 152 Å². The molecule has 26 heavy (non-hydrogen) atoms. The van der Waals surface area contributed by atoms with Gasteiger partial charge in [-0.2, -0.15) is 0 Å². The molecule has 3 rings (SSSR count). The summed E-state index contributed by atoms with van der Waals surface area (Å²) in [6.45, 7) is 1.83. The van der Waals surface area contributed by atoms with E-state index in [0.717, 1.165) is 9.58 Å². The minimum atomic E-state index is -1.29. The van der Waals surface area contributed by atoms with Crippen LogP contribution in [-0.2, 0) is 11.3 Å². The summed E-state index contributed by atoms with van der Waals surface area (Å²) in [5, 5.41) is 9.97. The third-order valence-electron chi connectivity index (χ3n) is 3.66. The van der Waals surface area contributed by atoms with Gasteiger partial charge < -0.3 is 14.6 Å². The lowest BCUT2D eigenvalue weighted by Gasteiger charge is -2.11. The Kier molecular flexibility index (Phi) is 5.18. The Morgan fingerprint density at radius 1 is 1.19 bits per heavy atom. The number of benzene rings is 2. The number of fused-ring (bicyclic) bond motifs is 1. The fourth-order valence-corrected chi connectivity index (χ4v) is 3.54. The van der Waals surface area contributed by atoms with E-state index < -0.39 is 11.9 Å². The monoisotopic (exact) mass is 374 g/mol. The van der Waals surface area contributed by atoms with Crippen LogP contribution in [0.1, 0.15) is 32.5 Å².